The summed E-state index contributed by atoms with van der Waals surface area (Å²) < 4.78 is 0. The Morgan fingerprint density at radius 2 is 2.21 bits per heavy atom. The number of fused-ring (bicyclic) bond motifs is 1. The number of aryl methyl sites for hydroxylation is 1. The lowest BCUT2D eigenvalue weighted by atomic mass is 10.1. The Morgan fingerprint density at radius 1 is 1.43 bits per heavy atom. The number of aliphatic hydroxyl groups is 1. The number of nitrogens with two attached hydrogens (primary N) is 1. The molecular formula is C11H12N2O. The van der Waals surface area contributed by atoms with Gasteiger partial charge in [-0.15, -0.1) is 0 Å². The zero-order valence-corrected chi connectivity index (χ0v) is 7.99. The summed E-state index contributed by atoms with van der Waals surface area (Å²) in [5.41, 5.74) is 9.04. The van der Waals surface area contributed by atoms with Crippen LogP contribution in [0.5, 0.6) is 0 Å². The molecular weight excluding hydrogens is 176 g/mol. The normalized spacial score (nSPS) is 10.7. The number of hydrogen-bond acceptors (Lipinski definition) is 3. The van der Waals surface area contributed by atoms with Gasteiger partial charge >= 0.3 is 0 Å². The number of rotatable bonds is 1. The van der Waals surface area contributed by atoms with E-state index >= 15 is 0 Å². The van der Waals surface area contributed by atoms with Gasteiger partial charge in [-0.2, -0.15) is 0 Å². The monoisotopic (exact) mass is 188 g/mol. The topological polar surface area (TPSA) is 59.1 Å². The molecule has 0 spiro atoms. The van der Waals surface area contributed by atoms with E-state index in [0.717, 1.165) is 22.0 Å². The van der Waals surface area contributed by atoms with Gasteiger partial charge in [0.2, 0.25) is 0 Å². The third-order valence-electron chi connectivity index (χ3n) is 2.40. The number of anilines is 1. The van der Waals surface area contributed by atoms with E-state index in [1.807, 2.05) is 25.1 Å². The maximum absolute atomic E-state index is 9.20. The summed E-state index contributed by atoms with van der Waals surface area (Å²) in [7, 11) is 0. The number of aromatic nitrogens is 1. The number of benzene rings is 1. The van der Waals surface area contributed by atoms with Crippen molar-refractivity contribution >= 4 is 16.6 Å². The van der Waals surface area contributed by atoms with Crippen LogP contribution in [0.4, 0.5) is 5.69 Å². The van der Waals surface area contributed by atoms with Crippen molar-refractivity contribution in [3.8, 4) is 0 Å². The second-order valence-corrected chi connectivity index (χ2v) is 3.32. The Labute approximate surface area is 82.2 Å². The fourth-order valence-corrected chi connectivity index (χ4v) is 1.62. The van der Waals surface area contributed by atoms with Crippen LogP contribution in [0.25, 0.3) is 10.9 Å². The van der Waals surface area contributed by atoms with E-state index in [9.17, 15) is 5.11 Å². The Balaban J connectivity index is 2.88. The average molecular weight is 188 g/mol. The van der Waals surface area contributed by atoms with Gasteiger partial charge in [0.05, 0.1) is 24.0 Å². The maximum atomic E-state index is 9.20. The van der Waals surface area contributed by atoms with Crippen molar-refractivity contribution in [3.63, 3.8) is 0 Å². The van der Waals surface area contributed by atoms with Crippen molar-refractivity contribution in [3.05, 3.63) is 35.5 Å². The van der Waals surface area contributed by atoms with Gasteiger partial charge in [0.25, 0.3) is 0 Å². The van der Waals surface area contributed by atoms with Crippen LogP contribution in [0.3, 0.4) is 0 Å². The lowest BCUT2D eigenvalue weighted by Gasteiger charge is -2.07. The smallest absolute Gasteiger partial charge is 0.0736 e. The molecule has 14 heavy (non-hydrogen) atoms. The molecule has 0 saturated heterocycles. The van der Waals surface area contributed by atoms with E-state index < -0.39 is 0 Å². The van der Waals surface area contributed by atoms with Crippen LogP contribution in [0.2, 0.25) is 0 Å². The number of para-hydroxylation sites is 1. The Morgan fingerprint density at radius 3 is 2.93 bits per heavy atom. The zero-order valence-electron chi connectivity index (χ0n) is 7.99. The molecule has 0 bridgehead atoms. The molecule has 0 saturated carbocycles. The Hall–Kier alpha value is -1.61. The van der Waals surface area contributed by atoms with Crippen molar-refractivity contribution in [2.45, 2.75) is 13.5 Å². The first-order chi connectivity index (χ1) is 6.74. The summed E-state index contributed by atoms with van der Waals surface area (Å²) >= 11 is 0. The molecule has 0 radical (unpaired) electrons. The van der Waals surface area contributed by atoms with Gasteiger partial charge in [0.1, 0.15) is 0 Å². The number of pyridine rings is 1. The van der Waals surface area contributed by atoms with Gasteiger partial charge < -0.3 is 10.8 Å². The third-order valence-corrected chi connectivity index (χ3v) is 2.40. The fraction of sp³-hybridized carbons (Fsp3) is 0.182. The highest BCUT2D eigenvalue weighted by atomic mass is 16.3. The standard InChI is InChI=1S/C11H12N2O/c1-7-3-2-4-8-9(6-14)10(12)5-13-11(7)8/h2-5,14H,6,12H2,1H3. The fourth-order valence-electron chi connectivity index (χ4n) is 1.62. The molecule has 1 aromatic carbocycles. The summed E-state index contributed by atoms with van der Waals surface area (Å²) in [6.45, 7) is 1.95. The molecule has 0 aliphatic heterocycles. The second kappa shape index (κ2) is 3.27. The molecule has 0 atom stereocenters. The van der Waals surface area contributed by atoms with Crippen LogP contribution in [-0.4, -0.2) is 10.1 Å². The Bertz CT molecular complexity index is 480. The SMILES string of the molecule is Cc1cccc2c(CO)c(N)cnc12. The molecule has 1 heterocycles. The van der Waals surface area contributed by atoms with E-state index in [1.165, 1.54) is 0 Å². The van der Waals surface area contributed by atoms with Crippen molar-refractivity contribution in [1.82, 2.24) is 4.98 Å². The molecule has 2 aromatic rings. The Kier molecular flexibility index (Phi) is 2.09. The van der Waals surface area contributed by atoms with Gasteiger partial charge in [-0.3, -0.25) is 4.98 Å². The minimum Gasteiger partial charge on any atom is -0.397 e. The highest BCUT2D eigenvalue weighted by Crippen LogP contribution is 2.24. The van der Waals surface area contributed by atoms with E-state index in [2.05, 4.69) is 4.98 Å². The molecule has 1 aromatic heterocycles. The molecule has 2 rings (SSSR count). The highest BCUT2D eigenvalue weighted by Gasteiger charge is 2.06. The maximum Gasteiger partial charge on any atom is 0.0736 e. The van der Waals surface area contributed by atoms with Gasteiger partial charge in [-0.25, -0.2) is 0 Å². The number of nitrogen functional groups attached to an aromatic ring is 1. The quantitative estimate of drug-likeness (QED) is 0.714. The average Bonchev–Trinajstić information content (AvgIpc) is 2.18. The van der Waals surface area contributed by atoms with Crippen molar-refractivity contribution in [1.29, 1.82) is 0 Å². The molecule has 3 nitrogen and oxygen atoms in total. The molecule has 0 fully saturated rings. The molecule has 0 aliphatic carbocycles. The van der Waals surface area contributed by atoms with Crippen LogP contribution in [-0.2, 0) is 6.61 Å². The molecule has 0 amide bonds. The molecule has 3 N–H and O–H groups in total. The van der Waals surface area contributed by atoms with Crippen molar-refractivity contribution in [2.24, 2.45) is 0 Å². The van der Waals surface area contributed by atoms with Crippen molar-refractivity contribution < 1.29 is 5.11 Å². The second-order valence-electron chi connectivity index (χ2n) is 3.32. The zero-order chi connectivity index (χ0) is 10.1. The third kappa shape index (κ3) is 1.22. The van der Waals surface area contributed by atoms with Crippen LogP contribution in [0, 0.1) is 6.92 Å². The van der Waals surface area contributed by atoms with Crippen molar-refractivity contribution in [2.75, 3.05) is 5.73 Å². The molecule has 72 valence electrons. The number of aliphatic hydroxyl groups excluding tert-OH is 1. The lowest BCUT2D eigenvalue weighted by Crippen LogP contribution is -1.97. The van der Waals surface area contributed by atoms with Gasteiger partial charge in [0.15, 0.2) is 0 Å². The summed E-state index contributed by atoms with van der Waals surface area (Å²) in [6.07, 6.45) is 1.60. The largest absolute Gasteiger partial charge is 0.397 e. The predicted molar refractivity (Wildman–Crippen MR) is 56.8 cm³/mol. The summed E-state index contributed by atoms with van der Waals surface area (Å²) in [6, 6.07) is 5.86. The highest BCUT2D eigenvalue weighted by molar-refractivity contribution is 5.88. The van der Waals surface area contributed by atoms with Gasteiger partial charge in [-0.1, -0.05) is 18.2 Å². The van der Waals surface area contributed by atoms with Crippen LogP contribution < -0.4 is 5.73 Å². The summed E-state index contributed by atoms with van der Waals surface area (Å²) in [5, 5.41) is 10.1. The van der Waals surface area contributed by atoms with E-state index in [0.29, 0.717) is 5.69 Å². The van der Waals surface area contributed by atoms with Gasteiger partial charge in [0, 0.05) is 10.9 Å². The molecule has 0 unspecified atom stereocenters. The first kappa shape index (κ1) is 8.97. The first-order valence-corrected chi connectivity index (χ1v) is 4.47. The van der Waals surface area contributed by atoms with Crippen LogP contribution in [0.15, 0.2) is 24.4 Å². The summed E-state index contributed by atoms with van der Waals surface area (Å²) in [5.74, 6) is 0. The van der Waals surface area contributed by atoms with E-state index in [-0.39, 0.29) is 6.61 Å². The van der Waals surface area contributed by atoms with Gasteiger partial charge in [-0.05, 0) is 12.5 Å². The first-order valence-electron chi connectivity index (χ1n) is 4.47. The minimum atomic E-state index is -0.0473. The summed E-state index contributed by atoms with van der Waals surface area (Å²) in [4.78, 5) is 4.25. The predicted octanol–water partition coefficient (Wildman–Crippen LogP) is 1.62. The van der Waals surface area contributed by atoms with Crippen LogP contribution >= 0.6 is 0 Å². The number of hydrogen-bond donors (Lipinski definition) is 2. The van der Waals surface area contributed by atoms with E-state index in [4.69, 9.17) is 5.73 Å². The minimum absolute atomic E-state index is 0.0473. The molecule has 3 heteroatoms. The lowest BCUT2D eigenvalue weighted by molar-refractivity contribution is 0.284. The van der Waals surface area contributed by atoms with Crippen LogP contribution in [0.1, 0.15) is 11.1 Å². The molecule has 0 aliphatic rings. The van der Waals surface area contributed by atoms with E-state index in [1.54, 1.807) is 6.20 Å². The number of nitrogens with zero attached hydrogens (tertiary/aromatic N) is 1.